The molecule has 3 heteroatoms. The molecule has 3 rings (SSSR count). The molecule has 3 nitrogen and oxygen atoms in total. The van der Waals surface area contributed by atoms with Gasteiger partial charge in [-0.3, -0.25) is 10.1 Å². The molecule has 2 atom stereocenters. The average Bonchev–Trinajstić information content (AvgIpc) is 3.08. The van der Waals surface area contributed by atoms with Gasteiger partial charge < -0.3 is 4.90 Å². The van der Waals surface area contributed by atoms with Gasteiger partial charge in [0.05, 0.1) is 6.17 Å². The summed E-state index contributed by atoms with van der Waals surface area (Å²) >= 11 is 0. The predicted molar refractivity (Wildman–Crippen MR) is 75.5 cm³/mol. The van der Waals surface area contributed by atoms with Gasteiger partial charge in [-0.05, 0) is 30.2 Å². The van der Waals surface area contributed by atoms with Gasteiger partial charge in [0.2, 0.25) is 5.91 Å². The van der Waals surface area contributed by atoms with Crippen LogP contribution in [0.5, 0.6) is 0 Å². The van der Waals surface area contributed by atoms with Gasteiger partial charge in [0.1, 0.15) is 6.04 Å². The third-order valence-corrected chi connectivity index (χ3v) is 4.44. The van der Waals surface area contributed by atoms with E-state index >= 15 is 0 Å². The Morgan fingerprint density at radius 3 is 2.58 bits per heavy atom. The first-order valence-electron chi connectivity index (χ1n) is 7.24. The molecule has 1 aromatic carbocycles. The summed E-state index contributed by atoms with van der Waals surface area (Å²) in [6, 6.07) is 9.89. The molecule has 1 heterocycles. The van der Waals surface area contributed by atoms with Crippen LogP contribution in [-0.2, 0) is 4.79 Å². The minimum atomic E-state index is -0.159. The van der Waals surface area contributed by atoms with Crippen molar-refractivity contribution in [2.75, 3.05) is 6.54 Å². The summed E-state index contributed by atoms with van der Waals surface area (Å²) in [7, 11) is 0. The highest BCUT2D eigenvalue weighted by molar-refractivity contribution is 5.85. The Balaban J connectivity index is 1.80. The summed E-state index contributed by atoms with van der Waals surface area (Å²) in [6.45, 7) is 5.32. The maximum absolute atomic E-state index is 12.6. The lowest BCUT2D eigenvalue weighted by atomic mass is 10.1. The van der Waals surface area contributed by atoms with Crippen molar-refractivity contribution in [1.82, 2.24) is 10.2 Å². The standard InChI is InChI=1S/C16H22N2O/c1-3-13-17-14(12-7-5-4-6-8-12)15(19)18(13)11-16(2)9-10-16/h4-8,13-14,17H,3,9-11H2,1-2H3. The number of rotatable bonds is 4. The van der Waals surface area contributed by atoms with Crippen LogP contribution in [0.2, 0.25) is 0 Å². The van der Waals surface area contributed by atoms with Crippen molar-refractivity contribution in [3.8, 4) is 0 Å². The highest BCUT2D eigenvalue weighted by Gasteiger charge is 2.46. The molecule has 0 radical (unpaired) electrons. The molecule has 2 aliphatic rings. The molecular weight excluding hydrogens is 236 g/mol. The molecule has 1 aliphatic heterocycles. The number of nitrogens with one attached hydrogen (secondary N) is 1. The van der Waals surface area contributed by atoms with Gasteiger partial charge in [0, 0.05) is 6.54 Å². The van der Waals surface area contributed by atoms with Crippen molar-refractivity contribution < 1.29 is 4.79 Å². The lowest BCUT2D eigenvalue weighted by molar-refractivity contribution is -0.130. The molecule has 0 bridgehead atoms. The van der Waals surface area contributed by atoms with Crippen LogP contribution in [0.15, 0.2) is 30.3 Å². The monoisotopic (exact) mass is 258 g/mol. The zero-order valence-corrected chi connectivity index (χ0v) is 11.7. The first kappa shape index (κ1) is 12.7. The maximum Gasteiger partial charge on any atom is 0.245 e. The van der Waals surface area contributed by atoms with Crippen LogP contribution in [0.1, 0.15) is 44.7 Å². The fourth-order valence-electron chi connectivity index (χ4n) is 2.87. The van der Waals surface area contributed by atoms with Gasteiger partial charge in [0.15, 0.2) is 0 Å². The molecule has 1 saturated carbocycles. The Hall–Kier alpha value is -1.35. The molecule has 1 N–H and O–H groups in total. The van der Waals surface area contributed by atoms with Crippen LogP contribution in [0, 0.1) is 5.41 Å². The number of carbonyl (C=O) groups is 1. The van der Waals surface area contributed by atoms with E-state index < -0.39 is 0 Å². The fraction of sp³-hybridized carbons (Fsp3) is 0.562. The summed E-state index contributed by atoms with van der Waals surface area (Å²) in [6.07, 6.45) is 3.66. The van der Waals surface area contributed by atoms with E-state index in [0.29, 0.717) is 5.41 Å². The Kier molecular flexibility index (Phi) is 3.09. The van der Waals surface area contributed by atoms with Gasteiger partial charge in [-0.2, -0.15) is 0 Å². The molecular formula is C16H22N2O. The van der Waals surface area contributed by atoms with E-state index in [-0.39, 0.29) is 18.1 Å². The lowest BCUT2D eigenvalue weighted by Gasteiger charge is -2.26. The molecule has 19 heavy (non-hydrogen) atoms. The van der Waals surface area contributed by atoms with Gasteiger partial charge >= 0.3 is 0 Å². The normalized spacial score (nSPS) is 28.7. The average molecular weight is 258 g/mol. The summed E-state index contributed by atoms with van der Waals surface area (Å²) in [5, 5.41) is 3.48. The minimum Gasteiger partial charge on any atom is -0.325 e. The number of benzene rings is 1. The molecule has 0 aromatic heterocycles. The third kappa shape index (κ3) is 2.39. The largest absolute Gasteiger partial charge is 0.325 e. The van der Waals surface area contributed by atoms with Crippen LogP contribution < -0.4 is 5.32 Å². The van der Waals surface area contributed by atoms with Gasteiger partial charge in [-0.1, -0.05) is 44.2 Å². The predicted octanol–water partition coefficient (Wildman–Crippen LogP) is 2.70. The van der Waals surface area contributed by atoms with Gasteiger partial charge in [-0.15, -0.1) is 0 Å². The van der Waals surface area contributed by atoms with E-state index in [4.69, 9.17) is 0 Å². The summed E-state index contributed by atoms with van der Waals surface area (Å²) < 4.78 is 0. The van der Waals surface area contributed by atoms with Crippen molar-refractivity contribution in [3.05, 3.63) is 35.9 Å². The van der Waals surface area contributed by atoms with Crippen LogP contribution >= 0.6 is 0 Å². The van der Waals surface area contributed by atoms with Crippen LogP contribution in [0.3, 0.4) is 0 Å². The van der Waals surface area contributed by atoms with E-state index in [9.17, 15) is 4.79 Å². The third-order valence-electron chi connectivity index (χ3n) is 4.44. The Morgan fingerprint density at radius 1 is 1.32 bits per heavy atom. The Bertz CT molecular complexity index is 467. The smallest absolute Gasteiger partial charge is 0.245 e. The van der Waals surface area contributed by atoms with Gasteiger partial charge in [0.25, 0.3) is 0 Å². The van der Waals surface area contributed by atoms with Crippen molar-refractivity contribution >= 4 is 5.91 Å². The number of amides is 1. The highest BCUT2D eigenvalue weighted by Crippen LogP contribution is 2.46. The molecule has 1 saturated heterocycles. The van der Waals surface area contributed by atoms with E-state index in [2.05, 4.69) is 24.1 Å². The number of nitrogens with zero attached hydrogens (tertiary/aromatic N) is 1. The topological polar surface area (TPSA) is 32.3 Å². The molecule has 102 valence electrons. The molecule has 1 amide bonds. The lowest BCUT2D eigenvalue weighted by Crippen LogP contribution is -2.40. The quantitative estimate of drug-likeness (QED) is 0.900. The fourth-order valence-corrected chi connectivity index (χ4v) is 2.87. The zero-order chi connectivity index (χ0) is 13.5. The first-order chi connectivity index (χ1) is 9.13. The molecule has 2 fully saturated rings. The van der Waals surface area contributed by atoms with Crippen LogP contribution in [0.4, 0.5) is 0 Å². The van der Waals surface area contributed by atoms with Crippen LogP contribution in [-0.4, -0.2) is 23.5 Å². The van der Waals surface area contributed by atoms with Crippen molar-refractivity contribution in [3.63, 3.8) is 0 Å². The van der Waals surface area contributed by atoms with Gasteiger partial charge in [-0.25, -0.2) is 0 Å². The van der Waals surface area contributed by atoms with Crippen LogP contribution in [0.25, 0.3) is 0 Å². The van der Waals surface area contributed by atoms with E-state index in [1.54, 1.807) is 0 Å². The van der Waals surface area contributed by atoms with E-state index in [1.807, 2.05) is 30.3 Å². The summed E-state index contributed by atoms with van der Waals surface area (Å²) in [4.78, 5) is 14.7. The number of hydrogen-bond donors (Lipinski definition) is 1. The summed E-state index contributed by atoms with van der Waals surface area (Å²) in [5.74, 6) is 0.242. The SMILES string of the molecule is CCC1NC(c2ccccc2)C(=O)N1CC1(C)CC1. The second-order valence-corrected chi connectivity index (χ2v) is 6.21. The number of carbonyl (C=O) groups excluding carboxylic acids is 1. The Labute approximate surface area is 115 Å². The minimum absolute atomic E-state index is 0.159. The summed E-state index contributed by atoms with van der Waals surface area (Å²) in [5.41, 5.74) is 1.45. The molecule has 1 aliphatic carbocycles. The van der Waals surface area contributed by atoms with E-state index in [0.717, 1.165) is 18.5 Å². The van der Waals surface area contributed by atoms with Crippen molar-refractivity contribution in [1.29, 1.82) is 0 Å². The first-order valence-corrected chi connectivity index (χ1v) is 7.24. The van der Waals surface area contributed by atoms with Crippen molar-refractivity contribution in [2.45, 2.75) is 45.3 Å². The molecule has 1 aromatic rings. The van der Waals surface area contributed by atoms with Crippen molar-refractivity contribution in [2.24, 2.45) is 5.41 Å². The zero-order valence-electron chi connectivity index (χ0n) is 11.7. The highest BCUT2D eigenvalue weighted by atomic mass is 16.2. The molecule has 0 spiro atoms. The second-order valence-electron chi connectivity index (χ2n) is 6.21. The second kappa shape index (κ2) is 4.64. The number of hydrogen-bond acceptors (Lipinski definition) is 2. The maximum atomic E-state index is 12.6. The van der Waals surface area contributed by atoms with E-state index in [1.165, 1.54) is 12.8 Å². The molecule has 2 unspecified atom stereocenters. The Morgan fingerprint density at radius 2 is 2.00 bits per heavy atom.